The molecule has 0 spiro atoms. The minimum Gasteiger partial charge on any atom is -0.490 e. The maximum atomic E-state index is 10.5. The van der Waals surface area contributed by atoms with Crippen LogP contribution in [0.3, 0.4) is 0 Å². The molecule has 0 radical (unpaired) electrons. The first-order valence-electron chi connectivity index (χ1n) is 5.05. The summed E-state index contributed by atoms with van der Waals surface area (Å²) >= 11 is 5.89. The Bertz CT molecular complexity index is 378. The monoisotopic (exact) mass is 242 g/mol. The van der Waals surface area contributed by atoms with Crippen LogP contribution in [0.25, 0.3) is 0 Å². The minimum atomic E-state index is -0.864. The molecule has 0 bridgehead atoms. The fourth-order valence-corrected chi connectivity index (χ4v) is 1.90. The maximum Gasteiger partial charge on any atom is 0.307 e. The molecule has 0 aliphatic carbocycles. The molecule has 0 unspecified atom stereocenters. The highest BCUT2D eigenvalue weighted by Gasteiger charge is 2.12. The van der Waals surface area contributed by atoms with Gasteiger partial charge in [0.2, 0.25) is 0 Å². The average molecular weight is 243 g/mol. The molecule has 1 aromatic rings. The van der Waals surface area contributed by atoms with Crippen LogP contribution in [0, 0.1) is 13.8 Å². The van der Waals surface area contributed by atoms with Crippen molar-refractivity contribution in [3.8, 4) is 5.75 Å². The zero-order valence-electron chi connectivity index (χ0n) is 9.58. The second kappa shape index (κ2) is 5.21. The SMILES string of the molecule is Cc1cc(Cl)cc(C)c1O[C@@H](C)CC(=O)O. The molecular formula is C12H15ClO3. The molecule has 0 aromatic heterocycles. The van der Waals surface area contributed by atoms with Crippen molar-refractivity contribution in [1.29, 1.82) is 0 Å². The van der Waals surface area contributed by atoms with Crippen molar-refractivity contribution in [2.75, 3.05) is 0 Å². The lowest BCUT2D eigenvalue weighted by Crippen LogP contribution is -2.17. The number of carbonyl (C=O) groups is 1. The van der Waals surface area contributed by atoms with Crippen LogP contribution in [0.1, 0.15) is 24.5 Å². The van der Waals surface area contributed by atoms with Gasteiger partial charge in [0.15, 0.2) is 0 Å². The van der Waals surface area contributed by atoms with E-state index in [1.165, 1.54) is 0 Å². The third kappa shape index (κ3) is 3.42. The standard InChI is InChI=1S/C12H15ClO3/c1-7-4-10(13)5-8(2)12(7)16-9(3)6-11(14)15/h4-5,9H,6H2,1-3H3,(H,14,15)/t9-/m0/s1. The third-order valence-corrected chi connectivity index (χ3v) is 2.42. The van der Waals surface area contributed by atoms with Crippen LogP contribution in [0.15, 0.2) is 12.1 Å². The minimum absolute atomic E-state index is 0.0124. The molecule has 16 heavy (non-hydrogen) atoms. The predicted molar refractivity (Wildman–Crippen MR) is 63.3 cm³/mol. The van der Waals surface area contributed by atoms with E-state index in [0.29, 0.717) is 5.02 Å². The summed E-state index contributed by atoms with van der Waals surface area (Å²) < 4.78 is 5.60. The number of carboxylic acid groups (broad SMARTS) is 1. The van der Waals surface area contributed by atoms with Crippen molar-refractivity contribution in [3.63, 3.8) is 0 Å². The van der Waals surface area contributed by atoms with Gasteiger partial charge >= 0.3 is 5.97 Å². The van der Waals surface area contributed by atoms with E-state index in [0.717, 1.165) is 16.9 Å². The van der Waals surface area contributed by atoms with E-state index < -0.39 is 5.97 Å². The Balaban J connectivity index is 2.85. The molecule has 0 aliphatic rings. The molecule has 1 rings (SSSR count). The fourth-order valence-electron chi connectivity index (χ4n) is 1.57. The number of rotatable bonds is 4. The molecular weight excluding hydrogens is 228 g/mol. The summed E-state index contributed by atoms with van der Waals surface area (Å²) in [6.07, 6.45) is -0.363. The van der Waals surface area contributed by atoms with Gasteiger partial charge in [0.25, 0.3) is 0 Å². The third-order valence-electron chi connectivity index (χ3n) is 2.21. The lowest BCUT2D eigenvalue weighted by Gasteiger charge is -2.17. The lowest BCUT2D eigenvalue weighted by atomic mass is 10.1. The van der Waals surface area contributed by atoms with Crippen LogP contribution >= 0.6 is 11.6 Å². The van der Waals surface area contributed by atoms with Crippen LogP contribution < -0.4 is 4.74 Å². The molecule has 3 nitrogen and oxygen atoms in total. The van der Waals surface area contributed by atoms with Gasteiger partial charge in [-0.05, 0) is 44.0 Å². The van der Waals surface area contributed by atoms with Crippen LogP contribution in [-0.2, 0) is 4.79 Å². The molecule has 0 aliphatic heterocycles. The summed E-state index contributed by atoms with van der Waals surface area (Å²) in [5, 5.41) is 9.30. The van der Waals surface area contributed by atoms with Crippen molar-refractivity contribution in [1.82, 2.24) is 0 Å². The summed E-state index contributed by atoms with van der Waals surface area (Å²) in [6.45, 7) is 5.52. The van der Waals surface area contributed by atoms with Crippen molar-refractivity contribution in [2.24, 2.45) is 0 Å². The molecule has 0 fully saturated rings. The zero-order valence-corrected chi connectivity index (χ0v) is 10.3. The second-order valence-corrected chi connectivity index (χ2v) is 4.33. The van der Waals surface area contributed by atoms with Gasteiger partial charge < -0.3 is 9.84 Å². The van der Waals surface area contributed by atoms with E-state index in [4.69, 9.17) is 21.4 Å². The molecule has 1 atom stereocenters. The van der Waals surface area contributed by atoms with Crippen LogP contribution in [-0.4, -0.2) is 17.2 Å². The Morgan fingerprint density at radius 3 is 2.38 bits per heavy atom. The van der Waals surface area contributed by atoms with Gasteiger partial charge in [-0.3, -0.25) is 4.79 Å². The number of hydrogen-bond acceptors (Lipinski definition) is 2. The topological polar surface area (TPSA) is 46.5 Å². The van der Waals surface area contributed by atoms with Gasteiger partial charge in [0.1, 0.15) is 11.9 Å². The summed E-state index contributed by atoms with van der Waals surface area (Å²) in [5.74, 6) is -0.144. The normalized spacial score (nSPS) is 12.2. The maximum absolute atomic E-state index is 10.5. The van der Waals surface area contributed by atoms with Crippen LogP contribution in [0.5, 0.6) is 5.75 Å². The number of benzene rings is 1. The van der Waals surface area contributed by atoms with E-state index in [1.54, 1.807) is 19.1 Å². The van der Waals surface area contributed by atoms with E-state index in [9.17, 15) is 4.79 Å². The smallest absolute Gasteiger partial charge is 0.307 e. The number of hydrogen-bond donors (Lipinski definition) is 1. The van der Waals surface area contributed by atoms with Crippen molar-refractivity contribution in [3.05, 3.63) is 28.3 Å². The Kier molecular flexibility index (Phi) is 4.19. The number of halogens is 1. The summed E-state index contributed by atoms with van der Waals surface area (Å²) in [5.41, 5.74) is 1.84. The molecule has 0 amide bonds. The predicted octanol–water partition coefficient (Wildman–Crippen LogP) is 3.20. The summed E-state index contributed by atoms with van der Waals surface area (Å²) in [6, 6.07) is 3.61. The quantitative estimate of drug-likeness (QED) is 0.882. The number of aryl methyl sites for hydroxylation is 2. The first-order chi connectivity index (χ1) is 7.40. The van der Waals surface area contributed by atoms with E-state index in [2.05, 4.69) is 0 Å². The highest BCUT2D eigenvalue weighted by atomic mass is 35.5. The molecule has 4 heteroatoms. The van der Waals surface area contributed by atoms with Gasteiger partial charge in [-0.2, -0.15) is 0 Å². The Morgan fingerprint density at radius 2 is 1.94 bits per heavy atom. The molecule has 0 heterocycles. The number of carboxylic acids is 1. The first-order valence-corrected chi connectivity index (χ1v) is 5.43. The second-order valence-electron chi connectivity index (χ2n) is 3.90. The van der Waals surface area contributed by atoms with E-state index in [-0.39, 0.29) is 12.5 Å². The number of aliphatic carboxylic acids is 1. The van der Waals surface area contributed by atoms with E-state index in [1.807, 2.05) is 13.8 Å². The van der Waals surface area contributed by atoms with Gasteiger partial charge in [-0.15, -0.1) is 0 Å². The summed E-state index contributed by atoms with van der Waals surface area (Å²) in [7, 11) is 0. The van der Waals surface area contributed by atoms with Crippen molar-refractivity contribution in [2.45, 2.75) is 33.3 Å². The van der Waals surface area contributed by atoms with Crippen LogP contribution in [0.4, 0.5) is 0 Å². The zero-order chi connectivity index (χ0) is 12.3. The summed E-state index contributed by atoms with van der Waals surface area (Å²) in [4.78, 5) is 10.5. The van der Waals surface area contributed by atoms with Gasteiger partial charge in [-0.25, -0.2) is 0 Å². The highest BCUT2D eigenvalue weighted by Crippen LogP contribution is 2.28. The fraction of sp³-hybridized carbons (Fsp3) is 0.417. The van der Waals surface area contributed by atoms with Crippen molar-refractivity contribution < 1.29 is 14.6 Å². The van der Waals surface area contributed by atoms with Gasteiger partial charge in [0, 0.05) is 5.02 Å². The largest absolute Gasteiger partial charge is 0.490 e. The number of ether oxygens (including phenoxy) is 1. The average Bonchev–Trinajstić information content (AvgIpc) is 2.09. The Morgan fingerprint density at radius 1 is 1.44 bits per heavy atom. The van der Waals surface area contributed by atoms with Gasteiger partial charge in [0.05, 0.1) is 6.42 Å². The molecule has 88 valence electrons. The molecule has 0 saturated heterocycles. The molecule has 1 aromatic carbocycles. The lowest BCUT2D eigenvalue weighted by molar-refractivity contribution is -0.138. The van der Waals surface area contributed by atoms with Gasteiger partial charge in [-0.1, -0.05) is 11.6 Å². The molecule has 1 N–H and O–H groups in total. The van der Waals surface area contributed by atoms with Crippen molar-refractivity contribution >= 4 is 17.6 Å². The first kappa shape index (κ1) is 12.8. The Hall–Kier alpha value is -1.22. The Labute approximate surface area is 100.0 Å². The molecule has 0 saturated carbocycles. The highest BCUT2D eigenvalue weighted by molar-refractivity contribution is 6.30. The van der Waals surface area contributed by atoms with Crippen LogP contribution in [0.2, 0.25) is 5.02 Å². The van der Waals surface area contributed by atoms with E-state index >= 15 is 0 Å².